The Hall–Kier alpha value is -3.26. The number of piperazine rings is 1. The Morgan fingerprint density at radius 3 is 2.40 bits per heavy atom. The van der Waals surface area contributed by atoms with Crippen LogP contribution in [0, 0.1) is 5.82 Å². The predicted molar refractivity (Wildman–Crippen MR) is 115 cm³/mol. The summed E-state index contributed by atoms with van der Waals surface area (Å²) in [7, 11) is 0. The Kier molecular flexibility index (Phi) is 6.04. The summed E-state index contributed by atoms with van der Waals surface area (Å²) in [5.74, 6) is -0.571. The van der Waals surface area contributed by atoms with Gasteiger partial charge in [0.25, 0.3) is 5.91 Å². The van der Waals surface area contributed by atoms with Crippen LogP contribution in [0.25, 0.3) is 0 Å². The number of benzene rings is 2. The topological polar surface area (TPSA) is 65.5 Å². The quantitative estimate of drug-likeness (QED) is 0.682. The van der Waals surface area contributed by atoms with Gasteiger partial charge in [0.1, 0.15) is 11.5 Å². The lowest BCUT2D eigenvalue weighted by Gasteiger charge is -2.35. The van der Waals surface area contributed by atoms with Gasteiger partial charge in [0, 0.05) is 37.2 Å². The molecule has 0 spiro atoms. The number of rotatable bonds is 5. The summed E-state index contributed by atoms with van der Waals surface area (Å²) in [6.07, 6.45) is 0.259. The van der Waals surface area contributed by atoms with Crippen molar-refractivity contribution < 1.29 is 14.0 Å². The Balaban J connectivity index is 1.31. The number of anilines is 2. The number of hydrogen-bond donors (Lipinski definition) is 1. The highest BCUT2D eigenvalue weighted by Gasteiger charge is 2.24. The van der Waals surface area contributed by atoms with Crippen molar-refractivity contribution in [1.29, 1.82) is 0 Å². The molecule has 2 amide bonds. The normalized spacial score (nSPS) is 13.9. The molecule has 1 aromatic heterocycles. The third-order valence-electron chi connectivity index (χ3n) is 4.94. The minimum Gasteiger partial charge on any atom is -0.368 e. The van der Waals surface area contributed by atoms with Gasteiger partial charge in [-0.1, -0.05) is 30.3 Å². The Bertz CT molecular complexity index is 1020. The van der Waals surface area contributed by atoms with Crippen molar-refractivity contribution >= 4 is 34.0 Å². The molecule has 1 aliphatic heterocycles. The van der Waals surface area contributed by atoms with Crippen LogP contribution >= 0.6 is 11.3 Å². The first-order valence-electron chi connectivity index (χ1n) is 9.67. The van der Waals surface area contributed by atoms with Crippen molar-refractivity contribution in [3.8, 4) is 0 Å². The third-order valence-corrected chi connectivity index (χ3v) is 5.69. The molecule has 0 radical (unpaired) electrons. The Morgan fingerprint density at radius 1 is 1.00 bits per heavy atom. The highest BCUT2D eigenvalue weighted by molar-refractivity contribution is 7.14. The lowest BCUT2D eigenvalue weighted by atomic mass is 10.1. The maximum atomic E-state index is 13.1. The highest BCUT2D eigenvalue weighted by Crippen LogP contribution is 2.20. The van der Waals surface area contributed by atoms with Crippen molar-refractivity contribution in [1.82, 2.24) is 9.88 Å². The zero-order valence-corrected chi connectivity index (χ0v) is 17.1. The molecule has 154 valence electrons. The molecule has 0 unspecified atom stereocenters. The van der Waals surface area contributed by atoms with Crippen LogP contribution in [0.1, 0.15) is 16.1 Å². The van der Waals surface area contributed by atoms with E-state index in [1.165, 1.54) is 23.5 Å². The number of nitrogens with one attached hydrogen (secondary N) is 1. The second kappa shape index (κ2) is 9.04. The van der Waals surface area contributed by atoms with E-state index in [2.05, 4.69) is 15.2 Å². The van der Waals surface area contributed by atoms with Gasteiger partial charge >= 0.3 is 0 Å². The van der Waals surface area contributed by atoms with Crippen LogP contribution in [0.4, 0.5) is 15.2 Å². The van der Waals surface area contributed by atoms with Gasteiger partial charge in [-0.3, -0.25) is 9.59 Å². The van der Waals surface area contributed by atoms with Crippen LogP contribution < -0.4 is 10.2 Å². The molecule has 0 aliphatic carbocycles. The summed E-state index contributed by atoms with van der Waals surface area (Å²) < 4.78 is 13.1. The number of halogens is 1. The summed E-state index contributed by atoms with van der Waals surface area (Å²) in [5.41, 5.74) is 2.20. The molecule has 8 heteroatoms. The van der Waals surface area contributed by atoms with Crippen LogP contribution in [0.2, 0.25) is 0 Å². The van der Waals surface area contributed by atoms with Crippen LogP contribution in [-0.2, 0) is 11.2 Å². The lowest BCUT2D eigenvalue weighted by Crippen LogP contribution is -2.48. The number of aromatic nitrogens is 1. The van der Waals surface area contributed by atoms with Gasteiger partial charge in [-0.2, -0.15) is 0 Å². The SMILES string of the molecule is O=C(Cc1ccccc1)Nc1nc(C(=O)N2CCN(c3ccc(F)cc3)CC2)cs1. The highest BCUT2D eigenvalue weighted by atomic mass is 32.1. The fourth-order valence-electron chi connectivity index (χ4n) is 3.36. The van der Waals surface area contributed by atoms with E-state index in [9.17, 15) is 14.0 Å². The first-order valence-corrected chi connectivity index (χ1v) is 10.6. The maximum absolute atomic E-state index is 13.1. The molecule has 1 N–H and O–H groups in total. The predicted octanol–water partition coefficient (Wildman–Crippen LogP) is 3.43. The number of carbonyl (C=O) groups is 2. The standard InChI is InChI=1S/C22H21FN4O2S/c23-17-6-8-18(9-7-17)26-10-12-27(13-11-26)21(29)19-15-30-22(24-19)25-20(28)14-16-4-2-1-3-5-16/h1-9,15H,10-14H2,(H,24,25,28). The van der Waals surface area contributed by atoms with E-state index < -0.39 is 0 Å². The van der Waals surface area contributed by atoms with Crippen LogP contribution in [0.5, 0.6) is 0 Å². The Morgan fingerprint density at radius 2 is 1.70 bits per heavy atom. The number of nitrogens with zero attached hydrogens (tertiary/aromatic N) is 3. The molecule has 2 heterocycles. The molecule has 1 saturated heterocycles. The van der Waals surface area contributed by atoms with E-state index >= 15 is 0 Å². The molecule has 0 atom stereocenters. The lowest BCUT2D eigenvalue weighted by molar-refractivity contribution is -0.115. The van der Waals surface area contributed by atoms with Crippen LogP contribution in [0.3, 0.4) is 0 Å². The summed E-state index contributed by atoms with van der Waals surface area (Å²) in [5, 5.41) is 4.85. The van der Waals surface area contributed by atoms with Gasteiger partial charge < -0.3 is 15.1 Å². The third kappa shape index (κ3) is 4.83. The first kappa shape index (κ1) is 20.0. The van der Waals surface area contributed by atoms with E-state index in [0.29, 0.717) is 37.0 Å². The van der Waals surface area contributed by atoms with Gasteiger partial charge in [0.15, 0.2) is 5.13 Å². The van der Waals surface area contributed by atoms with Crippen molar-refractivity contribution in [2.75, 3.05) is 36.4 Å². The molecule has 1 aliphatic rings. The second-order valence-electron chi connectivity index (χ2n) is 7.00. The molecule has 0 saturated carbocycles. The minimum atomic E-state index is -0.261. The molecule has 3 aromatic rings. The summed E-state index contributed by atoms with van der Waals surface area (Å²) in [6.45, 7) is 2.46. The first-order chi connectivity index (χ1) is 14.6. The zero-order chi connectivity index (χ0) is 20.9. The molecule has 30 heavy (non-hydrogen) atoms. The fourth-order valence-corrected chi connectivity index (χ4v) is 4.06. The molecular weight excluding hydrogens is 403 g/mol. The van der Waals surface area contributed by atoms with E-state index in [4.69, 9.17) is 0 Å². The summed E-state index contributed by atoms with van der Waals surface area (Å²) in [6, 6.07) is 15.8. The van der Waals surface area contributed by atoms with Crippen molar-refractivity contribution in [2.24, 2.45) is 0 Å². The van der Waals surface area contributed by atoms with E-state index in [1.807, 2.05) is 30.3 Å². The number of thiazole rings is 1. The van der Waals surface area contributed by atoms with E-state index in [1.54, 1.807) is 22.4 Å². The molecule has 4 rings (SSSR count). The summed E-state index contributed by atoms with van der Waals surface area (Å²) >= 11 is 1.24. The Labute approximate surface area is 178 Å². The van der Waals surface area contributed by atoms with Crippen molar-refractivity contribution in [2.45, 2.75) is 6.42 Å². The number of amides is 2. The smallest absolute Gasteiger partial charge is 0.273 e. The minimum absolute atomic E-state index is 0.145. The van der Waals surface area contributed by atoms with Gasteiger partial charge in [-0.25, -0.2) is 9.37 Å². The molecular formula is C22H21FN4O2S. The molecule has 0 bridgehead atoms. The average Bonchev–Trinajstić information content (AvgIpc) is 3.23. The fraction of sp³-hybridized carbons (Fsp3) is 0.227. The average molecular weight is 425 g/mol. The largest absolute Gasteiger partial charge is 0.368 e. The molecule has 2 aromatic carbocycles. The van der Waals surface area contributed by atoms with Crippen molar-refractivity contribution in [3.05, 3.63) is 77.1 Å². The van der Waals surface area contributed by atoms with Crippen LogP contribution in [-0.4, -0.2) is 47.9 Å². The van der Waals surface area contributed by atoms with Gasteiger partial charge in [0.2, 0.25) is 5.91 Å². The van der Waals surface area contributed by atoms with Gasteiger partial charge in [-0.15, -0.1) is 11.3 Å². The number of hydrogen-bond acceptors (Lipinski definition) is 5. The second-order valence-corrected chi connectivity index (χ2v) is 7.86. The monoisotopic (exact) mass is 424 g/mol. The summed E-state index contributed by atoms with van der Waals surface area (Å²) in [4.78, 5) is 33.1. The van der Waals surface area contributed by atoms with Gasteiger partial charge in [-0.05, 0) is 29.8 Å². The number of carbonyl (C=O) groups excluding carboxylic acids is 2. The van der Waals surface area contributed by atoms with Crippen molar-refractivity contribution in [3.63, 3.8) is 0 Å². The maximum Gasteiger partial charge on any atom is 0.273 e. The molecule has 1 fully saturated rings. The van der Waals surface area contributed by atoms with E-state index in [-0.39, 0.29) is 24.1 Å². The van der Waals surface area contributed by atoms with E-state index in [0.717, 1.165) is 11.3 Å². The van der Waals surface area contributed by atoms with Gasteiger partial charge in [0.05, 0.1) is 6.42 Å². The zero-order valence-electron chi connectivity index (χ0n) is 16.3. The van der Waals surface area contributed by atoms with Crippen LogP contribution in [0.15, 0.2) is 60.0 Å². The molecule has 6 nitrogen and oxygen atoms in total.